The summed E-state index contributed by atoms with van der Waals surface area (Å²) in [7, 11) is 0. The Hall–Kier alpha value is -3.09. The van der Waals surface area contributed by atoms with E-state index in [1.807, 2.05) is 0 Å². The Kier molecular flexibility index (Phi) is 5.36. The van der Waals surface area contributed by atoms with Gasteiger partial charge in [0, 0.05) is 18.2 Å². The summed E-state index contributed by atoms with van der Waals surface area (Å²) in [5.74, 6) is 0.237. The summed E-state index contributed by atoms with van der Waals surface area (Å²) in [5, 5.41) is 5.50. The van der Waals surface area contributed by atoms with E-state index in [9.17, 15) is 14.0 Å². The Bertz CT molecular complexity index is 825. The molecule has 7 heteroatoms. The van der Waals surface area contributed by atoms with Gasteiger partial charge in [-0.2, -0.15) is 0 Å². The molecule has 2 amide bonds. The van der Waals surface area contributed by atoms with Gasteiger partial charge in [-0.1, -0.05) is 6.07 Å². The first-order chi connectivity index (χ1) is 12.5. The molecule has 2 N–H and O–H groups in total. The number of hydrogen-bond donors (Lipinski definition) is 2. The van der Waals surface area contributed by atoms with Crippen molar-refractivity contribution in [2.24, 2.45) is 0 Å². The minimum absolute atomic E-state index is 0.177. The molecule has 0 aromatic heterocycles. The minimum Gasteiger partial charge on any atom is -0.493 e. The summed E-state index contributed by atoms with van der Waals surface area (Å²) in [6, 6.07) is 10.9. The van der Waals surface area contributed by atoms with Crippen LogP contribution in [0.5, 0.6) is 11.5 Å². The van der Waals surface area contributed by atoms with Crippen LogP contribution in [-0.4, -0.2) is 24.5 Å². The standard InChI is InChI=1S/C19H19FN2O4/c1-12-19(24)22-16-11-14(7-8-17(16)26-12)21-18(23)6-3-9-25-15-5-2-4-13(20)10-15/h2,4-5,7-8,10-12H,3,6,9H2,1H3,(H,21,23)(H,22,24). The van der Waals surface area contributed by atoms with E-state index < -0.39 is 6.10 Å². The highest BCUT2D eigenvalue weighted by atomic mass is 19.1. The molecule has 2 aromatic carbocycles. The molecule has 1 aliphatic rings. The van der Waals surface area contributed by atoms with Gasteiger partial charge in [-0.3, -0.25) is 9.59 Å². The molecule has 3 rings (SSSR count). The normalized spacial score (nSPS) is 15.5. The second-order valence-corrected chi connectivity index (χ2v) is 5.92. The van der Waals surface area contributed by atoms with Crippen molar-refractivity contribution < 1.29 is 23.5 Å². The van der Waals surface area contributed by atoms with E-state index in [0.29, 0.717) is 35.9 Å². The third-order valence-corrected chi connectivity index (χ3v) is 3.81. The van der Waals surface area contributed by atoms with Crippen molar-refractivity contribution in [1.29, 1.82) is 0 Å². The highest BCUT2D eigenvalue weighted by molar-refractivity contribution is 5.99. The van der Waals surface area contributed by atoms with Crippen LogP contribution >= 0.6 is 0 Å². The number of carbonyl (C=O) groups is 2. The molecule has 1 unspecified atom stereocenters. The molecule has 0 saturated heterocycles. The quantitative estimate of drug-likeness (QED) is 0.777. The molecule has 0 saturated carbocycles. The summed E-state index contributed by atoms with van der Waals surface area (Å²) in [6.07, 6.45) is 0.206. The molecule has 0 spiro atoms. The zero-order valence-electron chi connectivity index (χ0n) is 14.3. The Labute approximate surface area is 150 Å². The monoisotopic (exact) mass is 358 g/mol. The van der Waals surface area contributed by atoms with Crippen molar-refractivity contribution >= 4 is 23.2 Å². The molecule has 1 heterocycles. The number of rotatable bonds is 6. The fourth-order valence-electron chi connectivity index (χ4n) is 2.49. The Morgan fingerprint density at radius 1 is 1.31 bits per heavy atom. The number of fused-ring (bicyclic) bond motifs is 1. The molecule has 136 valence electrons. The summed E-state index contributed by atoms with van der Waals surface area (Å²) < 4.78 is 23.9. The predicted octanol–water partition coefficient (Wildman–Crippen LogP) is 3.34. The van der Waals surface area contributed by atoms with E-state index in [0.717, 1.165) is 0 Å². The van der Waals surface area contributed by atoms with E-state index in [1.54, 1.807) is 37.3 Å². The average Bonchev–Trinajstić information content (AvgIpc) is 2.60. The van der Waals surface area contributed by atoms with Gasteiger partial charge in [-0.15, -0.1) is 0 Å². The maximum Gasteiger partial charge on any atom is 0.265 e. The van der Waals surface area contributed by atoms with E-state index in [-0.39, 0.29) is 24.1 Å². The second-order valence-electron chi connectivity index (χ2n) is 5.92. The van der Waals surface area contributed by atoms with Gasteiger partial charge in [0.15, 0.2) is 6.10 Å². The third-order valence-electron chi connectivity index (χ3n) is 3.81. The number of carbonyl (C=O) groups excluding carboxylic acids is 2. The number of ether oxygens (including phenoxy) is 2. The van der Waals surface area contributed by atoms with E-state index in [4.69, 9.17) is 9.47 Å². The van der Waals surface area contributed by atoms with Crippen LogP contribution < -0.4 is 20.1 Å². The molecule has 0 bridgehead atoms. The zero-order valence-corrected chi connectivity index (χ0v) is 14.3. The molecule has 6 nitrogen and oxygen atoms in total. The van der Waals surface area contributed by atoms with Gasteiger partial charge in [0.2, 0.25) is 5.91 Å². The van der Waals surface area contributed by atoms with E-state index in [1.165, 1.54) is 12.1 Å². The van der Waals surface area contributed by atoms with Gasteiger partial charge in [0.1, 0.15) is 17.3 Å². The molecule has 1 atom stereocenters. The summed E-state index contributed by atoms with van der Waals surface area (Å²) >= 11 is 0. The van der Waals surface area contributed by atoms with Gasteiger partial charge < -0.3 is 20.1 Å². The molecule has 26 heavy (non-hydrogen) atoms. The Morgan fingerprint density at radius 2 is 2.15 bits per heavy atom. The van der Waals surface area contributed by atoms with Crippen LogP contribution in [0, 0.1) is 5.82 Å². The third kappa shape index (κ3) is 4.50. The van der Waals surface area contributed by atoms with Crippen LogP contribution in [0.25, 0.3) is 0 Å². The number of benzene rings is 2. The van der Waals surface area contributed by atoms with Crippen molar-refractivity contribution in [3.63, 3.8) is 0 Å². The second kappa shape index (κ2) is 7.86. The van der Waals surface area contributed by atoms with E-state index >= 15 is 0 Å². The topological polar surface area (TPSA) is 76.7 Å². The largest absolute Gasteiger partial charge is 0.493 e. The number of anilines is 2. The molecular weight excluding hydrogens is 339 g/mol. The van der Waals surface area contributed by atoms with Crippen molar-refractivity contribution in [2.45, 2.75) is 25.9 Å². The molecular formula is C19H19FN2O4. The lowest BCUT2D eigenvalue weighted by Crippen LogP contribution is -2.34. The molecule has 1 aliphatic heterocycles. The van der Waals surface area contributed by atoms with Crippen LogP contribution in [0.15, 0.2) is 42.5 Å². The lowest BCUT2D eigenvalue weighted by molar-refractivity contribution is -0.122. The highest BCUT2D eigenvalue weighted by Gasteiger charge is 2.23. The number of halogens is 1. The van der Waals surface area contributed by atoms with Crippen molar-refractivity contribution in [3.8, 4) is 11.5 Å². The first kappa shape index (κ1) is 17.7. The van der Waals surface area contributed by atoms with Crippen LogP contribution in [0.3, 0.4) is 0 Å². The fraction of sp³-hybridized carbons (Fsp3) is 0.263. The zero-order chi connectivity index (χ0) is 18.5. The van der Waals surface area contributed by atoms with Crippen molar-refractivity contribution in [3.05, 3.63) is 48.3 Å². The lowest BCUT2D eigenvalue weighted by atomic mass is 10.2. The molecule has 0 aliphatic carbocycles. The maximum absolute atomic E-state index is 13.0. The van der Waals surface area contributed by atoms with Gasteiger partial charge in [-0.05, 0) is 43.7 Å². The van der Waals surface area contributed by atoms with Crippen LogP contribution in [0.2, 0.25) is 0 Å². The number of nitrogens with one attached hydrogen (secondary N) is 2. The smallest absolute Gasteiger partial charge is 0.265 e. The van der Waals surface area contributed by atoms with E-state index in [2.05, 4.69) is 10.6 Å². The number of hydrogen-bond acceptors (Lipinski definition) is 4. The predicted molar refractivity (Wildman–Crippen MR) is 94.9 cm³/mol. The lowest BCUT2D eigenvalue weighted by Gasteiger charge is -2.23. The van der Waals surface area contributed by atoms with Crippen molar-refractivity contribution in [1.82, 2.24) is 0 Å². The molecule has 0 fully saturated rings. The first-order valence-corrected chi connectivity index (χ1v) is 8.31. The summed E-state index contributed by atoms with van der Waals surface area (Å²) in [4.78, 5) is 23.7. The Balaban J connectivity index is 1.46. The highest BCUT2D eigenvalue weighted by Crippen LogP contribution is 2.32. The van der Waals surface area contributed by atoms with Gasteiger partial charge in [-0.25, -0.2) is 4.39 Å². The maximum atomic E-state index is 13.0. The minimum atomic E-state index is -0.541. The molecule has 0 radical (unpaired) electrons. The Morgan fingerprint density at radius 3 is 2.96 bits per heavy atom. The van der Waals surface area contributed by atoms with Crippen molar-refractivity contribution in [2.75, 3.05) is 17.2 Å². The number of amides is 2. The average molecular weight is 358 g/mol. The van der Waals surface area contributed by atoms with Crippen LogP contribution in [0.1, 0.15) is 19.8 Å². The SMILES string of the molecule is CC1Oc2ccc(NC(=O)CCCOc3cccc(F)c3)cc2NC1=O. The summed E-state index contributed by atoms with van der Waals surface area (Å²) in [6.45, 7) is 1.97. The fourth-order valence-corrected chi connectivity index (χ4v) is 2.49. The summed E-state index contributed by atoms with van der Waals surface area (Å²) in [5.41, 5.74) is 1.10. The molecule has 2 aromatic rings. The van der Waals surface area contributed by atoms with Gasteiger partial charge in [0.05, 0.1) is 12.3 Å². The van der Waals surface area contributed by atoms with Crippen LogP contribution in [-0.2, 0) is 9.59 Å². The first-order valence-electron chi connectivity index (χ1n) is 8.31. The van der Waals surface area contributed by atoms with Crippen LogP contribution in [0.4, 0.5) is 15.8 Å². The van der Waals surface area contributed by atoms with Gasteiger partial charge in [0.25, 0.3) is 5.91 Å². The van der Waals surface area contributed by atoms with Gasteiger partial charge >= 0.3 is 0 Å².